The Hall–Kier alpha value is -3.08. The van der Waals surface area contributed by atoms with Crippen molar-refractivity contribution in [2.24, 2.45) is 0 Å². The van der Waals surface area contributed by atoms with Gasteiger partial charge in [0.2, 0.25) is 5.91 Å². The third kappa shape index (κ3) is 5.70. The summed E-state index contributed by atoms with van der Waals surface area (Å²) in [6.45, 7) is 5.09. The van der Waals surface area contributed by atoms with Crippen LogP contribution in [0.4, 0.5) is 0 Å². The predicted molar refractivity (Wildman–Crippen MR) is 114 cm³/mol. The van der Waals surface area contributed by atoms with E-state index in [0.717, 1.165) is 46.7 Å². The van der Waals surface area contributed by atoms with Gasteiger partial charge in [-0.15, -0.1) is 0 Å². The molecule has 1 heterocycles. The minimum Gasteiger partial charge on any atom is -0.493 e. The van der Waals surface area contributed by atoms with Gasteiger partial charge in [-0.25, -0.2) is 0 Å². The Kier molecular flexibility index (Phi) is 7.06. The standard InChI is InChI=1S/C24H28N2O3/c1-18-9-7-10-19(2)24(18)28-16-14-23(27)26(3)15-8-13-21-17-22(25-29-21)20-11-5-4-6-12-20/h4-7,9-12,17H,8,13-16H2,1-3H3. The van der Waals surface area contributed by atoms with E-state index in [4.69, 9.17) is 9.26 Å². The Morgan fingerprint density at radius 2 is 1.79 bits per heavy atom. The molecule has 0 aliphatic heterocycles. The first kappa shape index (κ1) is 20.6. The molecule has 5 nitrogen and oxygen atoms in total. The van der Waals surface area contributed by atoms with E-state index in [-0.39, 0.29) is 5.91 Å². The maximum atomic E-state index is 12.3. The van der Waals surface area contributed by atoms with Gasteiger partial charge in [0.05, 0.1) is 13.0 Å². The van der Waals surface area contributed by atoms with E-state index in [1.807, 2.05) is 75.5 Å². The molecule has 5 heteroatoms. The molecule has 1 aromatic heterocycles. The van der Waals surface area contributed by atoms with E-state index in [1.165, 1.54) is 0 Å². The number of hydrogen-bond acceptors (Lipinski definition) is 4. The monoisotopic (exact) mass is 392 g/mol. The van der Waals surface area contributed by atoms with Crippen molar-refractivity contribution >= 4 is 5.91 Å². The molecule has 0 radical (unpaired) electrons. The molecule has 0 saturated carbocycles. The molecule has 1 amide bonds. The number of amides is 1. The van der Waals surface area contributed by atoms with Crippen LogP contribution in [0.25, 0.3) is 11.3 Å². The molecular weight excluding hydrogens is 364 g/mol. The Balaban J connectivity index is 1.40. The molecule has 0 N–H and O–H groups in total. The number of benzene rings is 2. The maximum Gasteiger partial charge on any atom is 0.225 e. The minimum absolute atomic E-state index is 0.0822. The lowest BCUT2D eigenvalue weighted by Gasteiger charge is -2.17. The summed E-state index contributed by atoms with van der Waals surface area (Å²) in [6, 6.07) is 18.0. The lowest BCUT2D eigenvalue weighted by Crippen LogP contribution is -2.29. The number of rotatable bonds is 9. The first-order valence-electron chi connectivity index (χ1n) is 9.98. The molecule has 0 aliphatic rings. The highest BCUT2D eigenvalue weighted by Gasteiger charge is 2.11. The van der Waals surface area contributed by atoms with Crippen molar-refractivity contribution in [1.82, 2.24) is 10.1 Å². The topological polar surface area (TPSA) is 55.6 Å². The van der Waals surface area contributed by atoms with E-state index in [2.05, 4.69) is 5.16 Å². The number of para-hydroxylation sites is 1. The summed E-state index contributed by atoms with van der Waals surface area (Å²) in [5.74, 6) is 1.80. The Bertz CT molecular complexity index is 914. The first-order chi connectivity index (χ1) is 14.0. The highest BCUT2D eigenvalue weighted by molar-refractivity contribution is 5.76. The molecule has 0 atom stereocenters. The zero-order valence-electron chi connectivity index (χ0n) is 17.4. The van der Waals surface area contributed by atoms with Crippen LogP contribution in [-0.2, 0) is 11.2 Å². The fourth-order valence-corrected chi connectivity index (χ4v) is 3.25. The van der Waals surface area contributed by atoms with Gasteiger partial charge in [0.25, 0.3) is 0 Å². The number of carbonyl (C=O) groups is 1. The molecule has 3 rings (SSSR count). The van der Waals surface area contributed by atoms with Crippen LogP contribution in [0.3, 0.4) is 0 Å². The lowest BCUT2D eigenvalue weighted by molar-refractivity contribution is -0.130. The van der Waals surface area contributed by atoms with Crippen molar-refractivity contribution in [3.8, 4) is 17.0 Å². The highest BCUT2D eigenvalue weighted by atomic mass is 16.5. The van der Waals surface area contributed by atoms with Crippen LogP contribution in [0, 0.1) is 13.8 Å². The normalized spacial score (nSPS) is 10.7. The highest BCUT2D eigenvalue weighted by Crippen LogP contribution is 2.22. The molecule has 0 saturated heterocycles. The number of nitrogens with zero attached hydrogens (tertiary/aromatic N) is 2. The molecule has 0 unspecified atom stereocenters. The van der Waals surface area contributed by atoms with Crippen LogP contribution in [0.15, 0.2) is 59.1 Å². The fourth-order valence-electron chi connectivity index (χ4n) is 3.25. The summed E-state index contributed by atoms with van der Waals surface area (Å²) >= 11 is 0. The summed E-state index contributed by atoms with van der Waals surface area (Å²) in [5, 5.41) is 4.13. The van der Waals surface area contributed by atoms with Crippen LogP contribution in [0.5, 0.6) is 5.75 Å². The van der Waals surface area contributed by atoms with Gasteiger partial charge in [0.1, 0.15) is 17.2 Å². The Labute approximate surface area is 172 Å². The fraction of sp³-hybridized carbons (Fsp3) is 0.333. The number of aryl methyl sites for hydroxylation is 3. The van der Waals surface area contributed by atoms with Crippen molar-refractivity contribution in [3.05, 3.63) is 71.5 Å². The first-order valence-corrected chi connectivity index (χ1v) is 9.98. The lowest BCUT2D eigenvalue weighted by atomic mass is 10.1. The van der Waals surface area contributed by atoms with Gasteiger partial charge >= 0.3 is 0 Å². The van der Waals surface area contributed by atoms with Crippen LogP contribution in [-0.4, -0.2) is 36.2 Å². The second-order valence-corrected chi connectivity index (χ2v) is 7.28. The van der Waals surface area contributed by atoms with E-state index < -0.39 is 0 Å². The van der Waals surface area contributed by atoms with Crippen molar-refractivity contribution in [1.29, 1.82) is 0 Å². The van der Waals surface area contributed by atoms with E-state index >= 15 is 0 Å². The van der Waals surface area contributed by atoms with Gasteiger partial charge in [-0.1, -0.05) is 53.7 Å². The van der Waals surface area contributed by atoms with Crippen LogP contribution in [0.2, 0.25) is 0 Å². The summed E-state index contributed by atoms with van der Waals surface area (Å²) in [6.07, 6.45) is 1.94. The van der Waals surface area contributed by atoms with Gasteiger partial charge in [0, 0.05) is 31.6 Å². The zero-order chi connectivity index (χ0) is 20.6. The molecule has 2 aromatic carbocycles. The van der Waals surface area contributed by atoms with Crippen LogP contribution < -0.4 is 4.74 Å². The number of carbonyl (C=O) groups excluding carboxylic acids is 1. The quantitative estimate of drug-likeness (QED) is 0.524. The molecule has 0 bridgehead atoms. The molecule has 0 fully saturated rings. The SMILES string of the molecule is Cc1cccc(C)c1OCCC(=O)N(C)CCCc1cc(-c2ccccc2)no1. The molecule has 0 spiro atoms. The largest absolute Gasteiger partial charge is 0.493 e. The van der Waals surface area contributed by atoms with E-state index in [0.29, 0.717) is 19.6 Å². The summed E-state index contributed by atoms with van der Waals surface area (Å²) in [7, 11) is 1.83. The predicted octanol–water partition coefficient (Wildman–Crippen LogP) is 4.82. The molecule has 0 aliphatic carbocycles. The third-order valence-corrected chi connectivity index (χ3v) is 4.94. The zero-order valence-corrected chi connectivity index (χ0v) is 17.4. The third-order valence-electron chi connectivity index (χ3n) is 4.94. The molecule has 152 valence electrons. The second kappa shape index (κ2) is 9.92. The minimum atomic E-state index is 0.0822. The van der Waals surface area contributed by atoms with E-state index in [9.17, 15) is 4.79 Å². The van der Waals surface area contributed by atoms with Gasteiger partial charge in [-0.05, 0) is 31.4 Å². The van der Waals surface area contributed by atoms with Crippen LogP contribution in [0.1, 0.15) is 29.7 Å². The van der Waals surface area contributed by atoms with Gasteiger partial charge < -0.3 is 14.2 Å². The molecule has 3 aromatic rings. The van der Waals surface area contributed by atoms with Crippen molar-refractivity contribution in [2.75, 3.05) is 20.2 Å². The van der Waals surface area contributed by atoms with Crippen molar-refractivity contribution < 1.29 is 14.1 Å². The molecular formula is C24H28N2O3. The Morgan fingerprint density at radius 3 is 2.52 bits per heavy atom. The summed E-state index contributed by atoms with van der Waals surface area (Å²) < 4.78 is 11.3. The average molecular weight is 392 g/mol. The average Bonchev–Trinajstić information content (AvgIpc) is 3.19. The van der Waals surface area contributed by atoms with Crippen LogP contribution >= 0.6 is 0 Å². The number of hydrogen-bond donors (Lipinski definition) is 0. The van der Waals surface area contributed by atoms with E-state index in [1.54, 1.807) is 4.90 Å². The number of aromatic nitrogens is 1. The number of ether oxygens (including phenoxy) is 1. The smallest absolute Gasteiger partial charge is 0.225 e. The summed E-state index contributed by atoms with van der Waals surface area (Å²) in [5.41, 5.74) is 4.06. The van der Waals surface area contributed by atoms with Gasteiger partial charge in [0.15, 0.2) is 0 Å². The maximum absolute atomic E-state index is 12.3. The Morgan fingerprint density at radius 1 is 1.07 bits per heavy atom. The van der Waals surface area contributed by atoms with Crippen molar-refractivity contribution in [2.45, 2.75) is 33.1 Å². The molecule has 29 heavy (non-hydrogen) atoms. The summed E-state index contributed by atoms with van der Waals surface area (Å²) in [4.78, 5) is 14.1. The van der Waals surface area contributed by atoms with Gasteiger partial charge in [-0.3, -0.25) is 4.79 Å². The van der Waals surface area contributed by atoms with Crippen molar-refractivity contribution in [3.63, 3.8) is 0 Å². The second-order valence-electron chi connectivity index (χ2n) is 7.28. The van der Waals surface area contributed by atoms with Gasteiger partial charge in [-0.2, -0.15) is 0 Å².